The minimum absolute atomic E-state index is 0.0391. The zero-order valence-corrected chi connectivity index (χ0v) is 11.6. The molecule has 0 aliphatic carbocycles. The van der Waals surface area contributed by atoms with Crippen LogP contribution in [0.15, 0.2) is 10.6 Å². The van der Waals surface area contributed by atoms with Crippen molar-refractivity contribution < 1.29 is 14.4 Å². The Morgan fingerprint density at radius 2 is 2.35 bits per heavy atom. The number of aliphatic hydroxyl groups is 1. The molecule has 1 amide bonds. The molecule has 0 saturated carbocycles. The predicted octanol–water partition coefficient (Wildman–Crippen LogP) is 1.29. The fourth-order valence-electron chi connectivity index (χ4n) is 2.72. The number of nitrogens with zero attached hydrogens (tertiary/aromatic N) is 3. The lowest BCUT2D eigenvalue weighted by atomic mass is 10.1. The molecule has 0 radical (unpaired) electrons. The van der Waals surface area contributed by atoms with Crippen molar-refractivity contribution in [2.75, 3.05) is 19.7 Å². The number of aromatic nitrogens is 2. The van der Waals surface area contributed by atoms with Gasteiger partial charge in [0.05, 0.1) is 16.6 Å². The van der Waals surface area contributed by atoms with Gasteiger partial charge in [0.25, 0.3) is 11.6 Å². The molecule has 0 aromatic carbocycles. The quantitative estimate of drug-likeness (QED) is 0.893. The summed E-state index contributed by atoms with van der Waals surface area (Å²) in [5.41, 5.74) is 2.40. The molecule has 6 nitrogen and oxygen atoms in total. The van der Waals surface area contributed by atoms with Crippen LogP contribution in [0.2, 0.25) is 0 Å². The van der Waals surface area contributed by atoms with Crippen molar-refractivity contribution in [1.29, 1.82) is 0 Å². The summed E-state index contributed by atoms with van der Waals surface area (Å²) in [6, 6.07) is 1.78. The molecule has 1 saturated heterocycles. The van der Waals surface area contributed by atoms with Crippen LogP contribution in [0.5, 0.6) is 0 Å². The highest BCUT2D eigenvalue weighted by Crippen LogP contribution is 2.25. The number of aliphatic hydroxyl groups excluding tert-OH is 1. The number of aryl methyl sites for hydroxylation is 2. The molecule has 3 heterocycles. The van der Waals surface area contributed by atoms with E-state index in [1.807, 2.05) is 6.92 Å². The maximum absolute atomic E-state index is 12.7. The van der Waals surface area contributed by atoms with E-state index in [2.05, 4.69) is 10.1 Å². The van der Waals surface area contributed by atoms with Crippen LogP contribution in [0.4, 0.5) is 0 Å². The molecule has 0 spiro atoms. The first-order valence-corrected chi connectivity index (χ1v) is 6.74. The summed E-state index contributed by atoms with van der Waals surface area (Å²) < 4.78 is 5.15. The average Bonchev–Trinajstić information content (AvgIpc) is 3.04. The summed E-state index contributed by atoms with van der Waals surface area (Å²) in [5.74, 6) is 0.142. The van der Waals surface area contributed by atoms with E-state index in [9.17, 15) is 9.90 Å². The van der Waals surface area contributed by atoms with E-state index in [1.54, 1.807) is 17.9 Å². The number of fused-ring (bicyclic) bond motifs is 1. The lowest BCUT2D eigenvalue weighted by molar-refractivity contribution is 0.0783. The van der Waals surface area contributed by atoms with Gasteiger partial charge in [0.1, 0.15) is 0 Å². The third-order valence-corrected chi connectivity index (χ3v) is 3.81. The molecule has 1 aliphatic rings. The van der Waals surface area contributed by atoms with E-state index in [0.717, 1.165) is 12.1 Å². The molecular weight excluding hydrogens is 258 g/mol. The average molecular weight is 275 g/mol. The smallest absolute Gasteiger partial charge is 0.258 e. The van der Waals surface area contributed by atoms with Crippen molar-refractivity contribution in [2.45, 2.75) is 20.3 Å². The van der Waals surface area contributed by atoms with E-state index in [4.69, 9.17) is 4.52 Å². The topological polar surface area (TPSA) is 79.5 Å². The monoisotopic (exact) mass is 275 g/mol. The molecular formula is C14H17N3O3. The first-order chi connectivity index (χ1) is 9.60. The molecule has 1 unspecified atom stereocenters. The Labute approximate surface area is 116 Å². The van der Waals surface area contributed by atoms with Crippen LogP contribution in [0.25, 0.3) is 11.1 Å². The van der Waals surface area contributed by atoms with Gasteiger partial charge in [-0.25, -0.2) is 4.98 Å². The zero-order valence-electron chi connectivity index (χ0n) is 11.6. The van der Waals surface area contributed by atoms with Gasteiger partial charge in [-0.05, 0) is 26.3 Å². The van der Waals surface area contributed by atoms with Crippen molar-refractivity contribution >= 4 is 17.0 Å². The van der Waals surface area contributed by atoms with Gasteiger partial charge in [-0.15, -0.1) is 0 Å². The fourth-order valence-corrected chi connectivity index (χ4v) is 2.72. The number of hydrogen-bond acceptors (Lipinski definition) is 5. The number of amides is 1. The van der Waals surface area contributed by atoms with Gasteiger partial charge in [-0.1, -0.05) is 5.16 Å². The highest BCUT2D eigenvalue weighted by Gasteiger charge is 2.28. The highest BCUT2D eigenvalue weighted by atomic mass is 16.5. The highest BCUT2D eigenvalue weighted by molar-refractivity contribution is 6.06. The van der Waals surface area contributed by atoms with Crippen LogP contribution >= 0.6 is 0 Å². The standard InChI is InChI=1S/C14H17N3O3/c1-8-5-11(12-9(2)16-20-13(12)15-8)14(19)17-4-3-10(6-17)7-18/h5,10,18H,3-4,6-7H2,1-2H3. The SMILES string of the molecule is Cc1cc(C(=O)N2CCC(CO)C2)c2c(C)noc2n1. The number of likely N-dealkylation sites (tertiary alicyclic amines) is 1. The molecule has 1 fully saturated rings. The maximum Gasteiger partial charge on any atom is 0.258 e. The number of carbonyl (C=O) groups is 1. The molecule has 20 heavy (non-hydrogen) atoms. The summed E-state index contributed by atoms with van der Waals surface area (Å²) in [6.07, 6.45) is 0.845. The molecule has 6 heteroatoms. The first kappa shape index (κ1) is 13.1. The van der Waals surface area contributed by atoms with Crippen LogP contribution in [-0.2, 0) is 0 Å². The largest absolute Gasteiger partial charge is 0.396 e. The Kier molecular flexibility index (Phi) is 3.17. The Morgan fingerprint density at radius 1 is 1.55 bits per heavy atom. The molecule has 2 aromatic heterocycles. The molecule has 2 aromatic rings. The Morgan fingerprint density at radius 3 is 3.05 bits per heavy atom. The van der Waals surface area contributed by atoms with Crippen molar-refractivity contribution in [3.63, 3.8) is 0 Å². The third-order valence-electron chi connectivity index (χ3n) is 3.81. The van der Waals surface area contributed by atoms with Gasteiger partial charge in [-0.2, -0.15) is 0 Å². The van der Waals surface area contributed by atoms with Gasteiger partial charge in [0.2, 0.25) is 0 Å². The van der Waals surface area contributed by atoms with Crippen molar-refractivity contribution in [1.82, 2.24) is 15.0 Å². The first-order valence-electron chi connectivity index (χ1n) is 6.74. The van der Waals surface area contributed by atoms with Crippen LogP contribution in [-0.4, -0.2) is 45.8 Å². The molecule has 1 N–H and O–H groups in total. The lowest BCUT2D eigenvalue weighted by Gasteiger charge is -2.16. The van der Waals surface area contributed by atoms with E-state index in [-0.39, 0.29) is 18.4 Å². The summed E-state index contributed by atoms with van der Waals surface area (Å²) >= 11 is 0. The second-order valence-electron chi connectivity index (χ2n) is 5.35. The van der Waals surface area contributed by atoms with Crippen LogP contribution in [0.1, 0.15) is 28.2 Å². The van der Waals surface area contributed by atoms with Crippen molar-refractivity contribution in [2.24, 2.45) is 5.92 Å². The molecule has 1 aliphatic heterocycles. The summed E-state index contributed by atoms with van der Waals surface area (Å²) in [4.78, 5) is 18.7. The van der Waals surface area contributed by atoms with Gasteiger partial charge >= 0.3 is 0 Å². The third kappa shape index (κ3) is 2.06. The molecule has 106 valence electrons. The number of carbonyl (C=O) groups excluding carboxylic acids is 1. The predicted molar refractivity (Wildman–Crippen MR) is 72.4 cm³/mol. The lowest BCUT2D eigenvalue weighted by Crippen LogP contribution is -2.29. The van der Waals surface area contributed by atoms with Gasteiger partial charge in [0.15, 0.2) is 0 Å². The summed E-state index contributed by atoms with van der Waals surface area (Å²) in [5, 5.41) is 13.8. The van der Waals surface area contributed by atoms with Gasteiger partial charge in [0, 0.05) is 31.3 Å². The number of hydrogen-bond donors (Lipinski definition) is 1. The van der Waals surface area contributed by atoms with Crippen molar-refractivity contribution in [3.8, 4) is 0 Å². The Bertz CT molecular complexity index is 665. The minimum atomic E-state index is -0.0391. The van der Waals surface area contributed by atoms with Gasteiger partial charge < -0.3 is 14.5 Å². The number of rotatable bonds is 2. The summed E-state index contributed by atoms with van der Waals surface area (Å²) in [6.45, 7) is 5.04. The maximum atomic E-state index is 12.7. The summed E-state index contributed by atoms with van der Waals surface area (Å²) in [7, 11) is 0. The second kappa shape index (κ2) is 4.86. The fraction of sp³-hybridized carbons (Fsp3) is 0.500. The normalized spacial score (nSPS) is 18.9. The number of pyridine rings is 1. The molecule has 3 rings (SSSR count). The van der Waals surface area contributed by atoms with Crippen LogP contribution in [0, 0.1) is 19.8 Å². The van der Waals surface area contributed by atoms with Gasteiger partial charge in [-0.3, -0.25) is 4.79 Å². The van der Waals surface area contributed by atoms with E-state index in [0.29, 0.717) is 35.4 Å². The Balaban J connectivity index is 2.01. The minimum Gasteiger partial charge on any atom is -0.396 e. The van der Waals surface area contributed by atoms with E-state index >= 15 is 0 Å². The molecule has 1 atom stereocenters. The Hall–Kier alpha value is -1.95. The van der Waals surface area contributed by atoms with E-state index < -0.39 is 0 Å². The zero-order chi connectivity index (χ0) is 14.3. The van der Waals surface area contributed by atoms with Crippen LogP contribution in [0.3, 0.4) is 0 Å². The second-order valence-corrected chi connectivity index (χ2v) is 5.35. The molecule has 0 bridgehead atoms. The van der Waals surface area contributed by atoms with E-state index in [1.165, 1.54) is 0 Å². The van der Waals surface area contributed by atoms with Crippen molar-refractivity contribution in [3.05, 3.63) is 23.0 Å². The van der Waals surface area contributed by atoms with Crippen LogP contribution < -0.4 is 0 Å².